The number of halogens is 3. The Bertz CT molecular complexity index is 737. The minimum atomic E-state index is -1.16. The molecule has 0 amide bonds. The highest BCUT2D eigenvalue weighted by molar-refractivity contribution is 8.21. The molecule has 0 atom stereocenters. The normalized spacial score (nSPS) is 11.4. The van der Waals surface area contributed by atoms with Gasteiger partial charge in [-0.05, 0) is 76.6 Å². The molecule has 0 heterocycles. The van der Waals surface area contributed by atoms with Crippen molar-refractivity contribution in [3.63, 3.8) is 0 Å². The van der Waals surface area contributed by atoms with Crippen LogP contribution in [0.4, 0.5) is 8.78 Å². The van der Waals surface area contributed by atoms with Crippen LogP contribution in [0.2, 0.25) is 0 Å². The van der Waals surface area contributed by atoms with Crippen molar-refractivity contribution < 1.29 is 23.4 Å². The van der Waals surface area contributed by atoms with Crippen LogP contribution in [0.1, 0.15) is 12.5 Å². The minimum Gasteiger partial charge on any atom is -0.478 e. The third-order valence-corrected chi connectivity index (χ3v) is 3.86. The molecule has 120 valence electrons. The zero-order chi connectivity index (χ0) is 17.0. The molecule has 7 heteroatoms. The summed E-state index contributed by atoms with van der Waals surface area (Å²) in [6.07, 6.45) is 1.17. The van der Waals surface area contributed by atoms with Crippen molar-refractivity contribution in [1.82, 2.24) is 0 Å². The number of carboxylic acid groups (broad SMARTS) is 1. The van der Waals surface area contributed by atoms with Crippen molar-refractivity contribution in [2.75, 3.05) is 0 Å². The van der Waals surface area contributed by atoms with Gasteiger partial charge in [-0.15, -0.1) is 0 Å². The Labute approximate surface area is 140 Å². The molecule has 3 nitrogen and oxygen atoms in total. The Hall–Kier alpha value is -2.05. The SMILES string of the molecule is C/C(=C\c1cc(F)c(Oc2ccc(SCl)cc2)c(F)c1)C(=O)O. The number of benzene rings is 2. The van der Waals surface area contributed by atoms with E-state index in [9.17, 15) is 13.6 Å². The largest absolute Gasteiger partial charge is 0.478 e. The number of hydrogen-bond donors (Lipinski definition) is 1. The number of rotatable bonds is 5. The van der Waals surface area contributed by atoms with Gasteiger partial charge < -0.3 is 9.84 Å². The fourth-order valence-corrected chi connectivity index (χ4v) is 2.30. The molecule has 2 aromatic carbocycles. The molecular weight excluding hydrogens is 346 g/mol. The summed E-state index contributed by atoms with van der Waals surface area (Å²) < 4.78 is 33.3. The highest BCUT2D eigenvalue weighted by Gasteiger charge is 2.14. The van der Waals surface area contributed by atoms with E-state index in [1.54, 1.807) is 12.1 Å². The number of carboxylic acids is 1. The summed E-state index contributed by atoms with van der Waals surface area (Å²) in [5.74, 6) is -3.32. The van der Waals surface area contributed by atoms with Crippen LogP contribution in [0, 0.1) is 11.6 Å². The lowest BCUT2D eigenvalue weighted by Gasteiger charge is -2.09. The second-order valence-electron chi connectivity index (χ2n) is 4.60. The Morgan fingerprint density at radius 2 is 1.78 bits per heavy atom. The first-order valence-electron chi connectivity index (χ1n) is 6.38. The molecule has 0 aromatic heterocycles. The van der Waals surface area contributed by atoms with Crippen molar-refractivity contribution in [2.24, 2.45) is 0 Å². The van der Waals surface area contributed by atoms with Crippen LogP contribution >= 0.6 is 21.7 Å². The van der Waals surface area contributed by atoms with Gasteiger partial charge in [-0.25, -0.2) is 13.6 Å². The summed E-state index contributed by atoms with van der Waals surface area (Å²) in [7, 11) is 6.59. The van der Waals surface area contributed by atoms with Gasteiger partial charge in [0.05, 0.1) is 0 Å². The molecule has 0 aliphatic heterocycles. The van der Waals surface area contributed by atoms with Crippen LogP contribution in [-0.2, 0) is 4.79 Å². The zero-order valence-corrected chi connectivity index (χ0v) is 13.4. The smallest absolute Gasteiger partial charge is 0.331 e. The van der Waals surface area contributed by atoms with Crippen LogP contribution in [0.25, 0.3) is 6.08 Å². The van der Waals surface area contributed by atoms with Gasteiger partial charge in [0.1, 0.15) is 5.75 Å². The fraction of sp³-hybridized carbons (Fsp3) is 0.0625. The number of aliphatic carboxylic acids is 1. The predicted molar refractivity (Wildman–Crippen MR) is 85.9 cm³/mol. The summed E-state index contributed by atoms with van der Waals surface area (Å²) in [5, 5.41) is 8.78. The lowest BCUT2D eigenvalue weighted by atomic mass is 10.1. The summed E-state index contributed by atoms with van der Waals surface area (Å²) >= 11 is 0. The predicted octanol–water partition coefficient (Wildman–Crippen LogP) is 5.49. The van der Waals surface area contributed by atoms with Gasteiger partial charge in [-0.1, -0.05) is 0 Å². The number of ether oxygens (including phenoxy) is 1. The monoisotopic (exact) mass is 356 g/mol. The van der Waals surface area contributed by atoms with Crippen LogP contribution in [-0.4, -0.2) is 11.1 Å². The molecule has 0 saturated carbocycles. The molecule has 0 saturated heterocycles. The maximum absolute atomic E-state index is 14.0. The Morgan fingerprint density at radius 1 is 1.22 bits per heavy atom. The molecule has 23 heavy (non-hydrogen) atoms. The van der Waals surface area contributed by atoms with E-state index in [1.807, 2.05) is 0 Å². The molecule has 2 rings (SSSR count). The van der Waals surface area contributed by atoms with Crippen LogP contribution in [0.15, 0.2) is 46.9 Å². The zero-order valence-electron chi connectivity index (χ0n) is 11.8. The Balaban J connectivity index is 2.29. The lowest BCUT2D eigenvalue weighted by molar-refractivity contribution is -0.132. The first-order chi connectivity index (χ1) is 10.9. The molecule has 0 aliphatic rings. The standard InChI is InChI=1S/C16H11ClF2O3S/c1-9(16(20)21)6-10-7-13(18)15(14(19)8-10)22-11-2-4-12(23-17)5-3-11/h2-8H,1H3,(H,20,21)/b9-6+. The summed E-state index contributed by atoms with van der Waals surface area (Å²) in [6.45, 7) is 1.33. The third kappa shape index (κ3) is 4.46. The van der Waals surface area contributed by atoms with Gasteiger partial charge in [0.25, 0.3) is 0 Å². The van der Waals surface area contributed by atoms with Crippen molar-refractivity contribution in [1.29, 1.82) is 0 Å². The molecule has 0 bridgehead atoms. The van der Waals surface area contributed by atoms with E-state index in [4.69, 9.17) is 20.5 Å². The van der Waals surface area contributed by atoms with E-state index in [0.717, 1.165) is 28.0 Å². The maximum Gasteiger partial charge on any atom is 0.331 e. The highest BCUT2D eigenvalue weighted by Crippen LogP contribution is 2.31. The van der Waals surface area contributed by atoms with E-state index < -0.39 is 23.4 Å². The first-order valence-corrected chi connectivity index (χ1v) is 8.02. The number of hydrogen-bond acceptors (Lipinski definition) is 3. The van der Waals surface area contributed by atoms with E-state index in [-0.39, 0.29) is 16.9 Å². The average Bonchev–Trinajstić information content (AvgIpc) is 2.51. The third-order valence-electron chi connectivity index (χ3n) is 2.87. The lowest BCUT2D eigenvalue weighted by Crippen LogP contribution is -1.97. The van der Waals surface area contributed by atoms with Crippen molar-refractivity contribution in [3.8, 4) is 11.5 Å². The molecule has 0 fully saturated rings. The molecule has 0 unspecified atom stereocenters. The summed E-state index contributed by atoms with van der Waals surface area (Å²) in [4.78, 5) is 11.5. The second-order valence-corrected chi connectivity index (χ2v) is 5.69. The fourth-order valence-electron chi connectivity index (χ4n) is 1.75. The molecule has 1 N–H and O–H groups in total. The molecule has 0 spiro atoms. The van der Waals surface area contributed by atoms with Crippen LogP contribution < -0.4 is 4.74 Å². The van der Waals surface area contributed by atoms with Crippen molar-refractivity contribution in [2.45, 2.75) is 11.8 Å². The topological polar surface area (TPSA) is 46.5 Å². The van der Waals surface area contributed by atoms with E-state index in [0.29, 0.717) is 0 Å². The molecule has 0 radical (unpaired) electrons. The molecular formula is C16H11ClF2O3S. The second kappa shape index (κ2) is 7.48. The molecule has 0 aliphatic carbocycles. The summed E-state index contributed by atoms with van der Waals surface area (Å²) in [5.41, 5.74) is 0.0627. The van der Waals surface area contributed by atoms with Gasteiger partial charge in [0, 0.05) is 10.5 Å². The van der Waals surface area contributed by atoms with Gasteiger partial charge >= 0.3 is 5.97 Å². The average molecular weight is 357 g/mol. The van der Waals surface area contributed by atoms with Gasteiger partial charge in [-0.2, -0.15) is 0 Å². The highest BCUT2D eigenvalue weighted by atomic mass is 35.7. The first kappa shape index (κ1) is 17.3. The maximum atomic E-state index is 14.0. The number of carbonyl (C=O) groups is 1. The van der Waals surface area contributed by atoms with Crippen molar-refractivity contribution in [3.05, 3.63) is 59.2 Å². The Morgan fingerprint density at radius 3 is 2.26 bits per heavy atom. The Kier molecular flexibility index (Phi) is 5.63. The molecule has 2 aromatic rings. The summed E-state index contributed by atoms with van der Waals surface area (Å²) in [6, 6.07) is 8.38. The van der Waals surface area contributed by atoms with Crippen LogP contribution in [0.3, 0.4) is 0 Å². The van der Waals surface area contributed by atoms with E-state index in [1.165, 1.54) is 25.1 Å². The van der Waals surface area contributed by atoms with Crippen molar-refractivity contribution >= 4 is 33.7 Å². The van der Waals surface area contributed by atoms with Crippen LogP contribution in [0.5, 0.6) is 11.5 Å². The van der Waals surface area contributed by atoms with E-state index in [2.05, 4.69) is 0 Å². The van der Waals surface area contributed by atoms with Gasteiger partial charge in [0.15, 0.2) is 17.4 Å². The van der Waals surface area contributed by atoms with E-state index >= 15 is 0 Å². The minimum absolute atomic E-state index is 0.0355. The van der Waals surface area contributed by atoms with Gasteiger partial charge in [-0.3, -0.25) is 0 Å². The van der Waals surface area contributed by atoms with Gasteiger partial charge in [0.2, 0.25) is 0 Å². The quantitative estimate of drug-likeness (QED) is 0.719.